The molecule has 172 valence electrons. The maximum atomic E-state index is 12.8. The molecule has 1 aliphatic heterocycles. The zero-order valence-electron chi connectivity index (χ0n) is 17.8. The van der Waals surface area contributed by atoms with Gasteiger partial charge in [-0.15, -0.1) is 0 Å². The summed E-state index contributed by atoms with van der Waals surface area (Å²) in [5, 5.41) is 12.3. The number of amides is 3. The fourth-order valence-electron chi connectivity index (χ4n) is 3.85. The van der Waals surface area contributed by atoms with Gasteiger partial charge in [0.2, 0.25) is 0 Å². The second-order valence-corrected chi connectivity index (χ2v) is 8.59. The summed E-state index contributed by atoms with van der Waals surface area (Å²) in [7, 11) is 0. The molecule has 1 aliphatic rings. The molecule has 1 atom stereocenters. The summed E-state index contributed by atoms with van der Waals surface area (Å²) in [5.41, 5.74) is 2.38. The van der Waals surface area contributed by atoms with Gasteiger partial charge in [-0.3, -0.25) is 14.4 Å². The Labute approximate surface area is 204 Å². The third-order valence-electron chi connectivity index (χ3n) is 5.55. The topological polar surface area (TPSA) is 104 Å². The van der Waals surface area contributed by atoms with E-state index in [9.17, 15) is 24.3 Å². The molecular weight excluding hydrogens is 479 g/mol. The smallest absolute Gasteiger partial charge is 0.326 e. The van der Waals surface area contributed by atoms with Gasteiger partial charge in [0.1, 0.15) is 6.04 Å². The molecule has 3 amide bonds. The van der Waals surface area contributed by atoms with Crippen LogP contribution in [0.15, 0.2) is 60.7 Å². The van der Waals surface area contributed by atoms with Crippen molar-refractivity contribution < 1.29 is 24.3 Å². The molecule has 0 saturated heterocycles. The first-order valence-electron chi connectivity index (χ1n) is 10.2. The van der Waals surface area contributed by atoms with E-state index >= 15 is 0 Å². The van der Waals surface area contributed by atoms with E-state index in [2.05, 4.69) is 5.32 Å². The second kappa shape index (κ2) is 9.29. The predicted molar refractivity (Wildman–Crippen MR) is 128 cm³/mol. The number of carbonyl (C=O) groups is 4. The zero-order valence-corrected chi connectivity index (χ0v) is 19.4. The van der Waals surface area contributed by atoms with E-state index in [1.807, 2.05) is 0 Å². The van der Waals surface area contributed by atoms with Gasteiger partial charge in [0.05, 0.1) is 32.4 Å². The minimum atomic E-state index is -1.26. The van der Waals surface area contributed by atoms with Crippen LogP contribution in [0.1, 0.15) is 42.2 Å². The van der Waals surface area contributed by atoms with E-state index in [0.717, 1.165) is 4.90 Å². The number of aryl methyl sites for hydroxylation is 1. The molecule has 7 nitrogen and oxygen atoms in total. The Balaban J connectivity index is 1.52. The van der Waals surface area contributed by atoms with Crippen molar-refractivity contribution in [3.05, 3.63) is 98.5 Å². The fraction of sp³-hybridized carbons (Fsp3) is 0.120. The number of fused-ring (bicyclic) bond motifs is 1. The Kier molecular flexibility index (Phi) is 6.41. The van der Waals surface area contributed by atoms with Crippen LogP contribution in [-0.2, 0) is 11.2 Å². The number of aliphatic carboxylic acids is 1. The number of hydrogen-bond acceptors (Lipinski definition) is 4. The molecule has 0 fully saturated rings. The summed E-state index contributed by atoms with van der Waals surface area (Å²) in [6, 6.07) is 14.7. The number of rotatable bonds is 6. The molecule has 0 saturated carbocycles. The van der Waals surface area contributed by atoms with E-state index in [1.54, 1.807) is 55.5 Å². The highest BCUT2D eigenvalue weighted by Gasteiger charge is 2.37. The minimum Gasteiger partial charge on any atom is -0.480 e. The second-order valence-electron chi connectivity index (χ2n) is 7.77. The number of carboxylic acids is 1. The van der Waals surface area contributed by atoms with Crippen LogP contribution in [0.5, 0.6) is 0 Å². The monoisotopic (exact) mass is 496 g/mol. The molecule has 0 aliphatic carbocycles. The lowest BCUT2D eigenvalue weighted by atomic mass is 10.0. The number of imide groups is 1. The molecule has 0 aromatic heterocycles. The minimum absolute atomic E-state index is 0.00616. The number of hydrogen-bond donors (Lipinski definition) is 2. The van der Waals surface area contributed by atoms with Crippen molar-refractivity contribution in [3.63, 3.8) is 0 Å². The molecule has 4 rings (SSSR count). The normalized spacial score (nSPS) is 13.6. The van der Waals surface area contributed by atoms with Crippen LogP contribution in [0, 0.1) is 6.92 Å². The van der Waals surface area contributed by atoms with Crippen molar-refractivity contribution in [2.45, 2.75) is 19.4 Å². The van der Waals surface area contributed by atoms with E-state index in [-0.39, 0.29) is 22.0 Å². The molecule has 9 heteroatoms. The van der Waals surface area contributed by atoms with Crippen molar-refractivity contribution in [1.29, 1.82) is 0 Å². The van der Waals surface area contributed by atoms with Gasteiger partial charge in [-0.25, -0.2) is 9.69 Å². The lowest BCUT2D eigenvalue weighted by Crippen LogP contribution is -2.42. The lowest BCUT2D eigenvalue weighted by molar-refractivity contribution is -0.139. The first kappa shape index (κ1) is 23.5. The third-order valence-corrected chi connectivity index (χ3v) is 6.18. The molecule has 3 aromatic rings. The highest BCUT2D eigenvalue weighted by molar-refractivity contribution is 6.39. The van der Waals surface area contributed by atoms with Crippen LogP contribution in [0.4, 0.5) is 5.69 Å². The van der Waals surface area contributed by atoms with Gasteiger partial charge in [0.25, 0.3) is 17.7 Å². The molecule has 1 heterocycles. The number of carboxylic acid groups (broad SMARTS) is 1. The SMILES string of the molecule is Cc1cccc2c1C(=O)N(c1ccc(C[C@H](NC(=O)c3c(Cl)cccc3Cl)C(=O)O)cc1)C2=O. The average molecular weight is 497 g/mol. The van der Waals surface area contributed by atoms with Crippen LogP contribution in [0.25, 0.3) is 0 Å². The summed E-state index contributed by atoms with van der Waals surface area (Å²) >= 11 is 12.1. The fourth-order valence-corrected chi connectivity index (χ4v) is 4.42. The Bertz CT molecular complexity index is 1320. The first-order valence-corrected chi connectivity index (χ1v) is 11.0. The third kappa shape index (κ3) is 4.27. The number of carbonyl (C=O) groups excluding carboxylic acids is 3. The van der Waals surface area contributed by atoms with Gasteiger partial charge >= 0.3 is 5.97 Å². The molecule has 0 bridgehead atoms. The Morgan fingerprint density at radius 3 is 2.15 bits per heavy atom. The quantitative estimate of drug-likeness (QED) is 0.488. The van der Waals surface area contributed by atoms with E-state index in [0.29, 0.717) is 27.9 Å². The summed E-state index contributed by atoms with van der Waals surface area (Å²) in [5.74, 6) is -2.76. The summed E-state index contributed by atoms with van der Waals surface area (Å²) < 4.78 is 0. The van der Waals surface area contributed by atoms with Crippen LogP contribution in [0.3, 0.4) is 0 Å². The van der Waals surface area contributed by atoms with Gasteiger partial charge in [-0.2, -0.15) is 0 Å². The zero-order chi connectivity index (χ0) is 24.6. The largest absolute Gasteiger partial charge is 0.480 e. The maximum absolute atomic E-state index is 12.8. The van der Waals surface area contributed by atoms with Gasteiger partial charge in [-0.05, 0) is 48.4 Å². The van der Waals surface area contributed by atoms with Crippen molar-refractivity contribution in [3.8, 4) is 0 Å². The molecular formula is C25H18Cl2N2O5. The van der Waals surface area contributed by atoms with Crippen molar-refractivity contribution >= 4 is 52.6 Å². The van der Waals surface area contributed by atoms with Gasteiger partial charge in [0.15, 0.2) is 0 Å². The number of nitrogens with zero attached hydrogens (tertiary/aromatic N) is 1. The molecule has 0 unspecified atom stereocenters. The maximum Gasteiger partial charge on any atom is 0.326 e. The van der Waals surface area contributed by atoms with Crippen molar-refractivity contribution in [2.75, 3.05) is 4.90 Å². The average Bonchev–Trinajstić information content (AvgIpc) is 3.05. The molecule has 2 N–H and O–H groups in total. The van der Waals surface area contributed by atoms with E-state index < -0.39 is 29.7 Å². The number of benzene rings is 3. The van der Waals surface area contributed by atoms with Crippen molar-refractivity contribution in [2.24, 2.45) is 0 Å². The van der Waals surface area contributed by atoms with E-state index in [1.165, 1.54) is 12.1 Å². The van der Waals surface area contributed by atoms with Crippen LogP contribution in [0.2, 0.25) is 10.0 Å². The standard InChI is InChI=1S/C25H18Cl2N2O5/c1-13-4-2-5-16-20(13)24(32)29(23(16)31)15-10-8-14(9-11-15)12-19(25(33)34)28-22(30)21-17(26)6-3-7-18(21)27/h2-11,19H,12H2,1H3,(H,28,30)(H,33,34)/t19-/m0/s1. The number of anilines is 1. The molecule has 34 heavy (non-hydrogen) atoms. The predicted octanol–water partition coefficient (Wildman–Crippen LogP) is 4.53. The van der Waals surface area contributed by atoms with Crippen LogP contribution >= 0.6 is 23.2 Å². The van der Waals surface area contributed by atoms with E-state index in [4.69, 9.17) is 23.2 Å². The van der Waals surface area contributed by atoms with Gasteiger partial charge in [0, 0.05) is 6.42 Å². The van der Waals surface area contributed by atoms with Crippen LogP contribution < -0.4 is 10.2 Å². The molecule has 3 aromatic carbocycles. The summed E-state index contributed by atoms with van der Waals surface area (Å²) in [6.45, 7) is 1.77. The number of halogens is 2. The summed E-state index contributed by atoms with van der Waals surface area (Å²) in [6.07, 6.45) is -0.0371. The highest BCUT2D eigenvalue weighted by Crippen LogP contribution is 2.30. The molecule has 0 radical (unpaired) electrons. The highest BCUT2D eigenvalue weighted by atomic mass is 35.5. The van der Waals surface area contributed by atoms with Crippen LogP contribution in [-0.4, -0.2) is 34.8 Å². The molecule has 0 spiro atoms. The Hall–Kier alpha value is -3.68. The lowest BCUT2D eigenvalue weighted by Gasteiger charge is -2.17. The van der Waals surface area contributed by atoms with Gasteiger partial charge in [-0.1, -0.05) is 53.5 Å². The Morgan fingerprint density at radius 1 is 0.941 bits per heavy atom. The first-order chi connectivity index (χ1) is 16.2. The Morgan fingerprint density at radius 2 is 1.56 bits per heavy atom. The summed E-state index contributed by atoms with van der Waals surface area (Å²) in [4.78, 5) is 51.1. The van der Waals surface area contributed by atoms with Gasteiger partial charge < -0.3 is 10.4 Å². The number of nitrogens with one attached hydrogen (secondary N) is 1. The van der Waals surface area contributed by atoms with Crippen molar-refractivity contribution in [1.82, 2.24) is 5.32 Å².